The van der Waals surface area contributed by atoms with E-state index in [-0.39, 0.29) is 17.5 Å². The highest BCUT2D eigenvalue weighted by atomic mass is 16.6. The SMILES string of the molecule is CC(C)c1ccccc1NCCNCCC1OC(=O)CC12CCCCC2. The van der Waals surface area contributed by atoms with Crippen LogP contribution in [0, 0.1) is 5.41 Å². The zero-order valence-corrected chi connectivity index (χ0v) is 16.4. The van der Waals surface area contributed by atoms with Crippen LogP contribution in [0.1, 0.15) is 70.3 Å². The highest BCUT2D eigenvalue weighted by molar-refractivity contribution is 5.73. The summed E-state index contributed by atoms with van der Waals surface area (Å²) in [4.78, 5) is 11.9. The maximum Gasteiger partial charge on any atom is 0.306 e. The highest BCUT2D eigenvalue weighted by Gasteiger charge is 2.48. The molecule has 1 aromatic carbocycles. The lowest BCUT2D eigenvalue weighted by Gasteiger charge is -2.36. The second-order valence-electron chi connectivity index (χ2n) is 8.29. The second-order valence-corrected chi connectivity index (χ2v) is 8.29. The number of carbonyl (C=O) groups is 1. The molecule has 2 aliphatic rings. The standard InChI is InChI=1S/C22H34N2O2/c1-17(2)18-8-4-5-9-19(18)24-15-14-23-13-10-20-22(16-21(25)26-20)11-6-3-7-12-22/h4-5,8-9,17,20,23-24H,3,6-7,10-16H2,1-2H3. The number of hydrogen-bond acceptors (Lipinski definition) is 4. The maximum atomic E-state index is 11.9. The van der Waals surface area contributed by atoms with Crippen molar-refractivity contribution in [2.75, 3.05) is 25.0 Å². The van der Waals surface area contributed by atoms with Gasteiger partial charge in [-0.15, -0.1) is 0 Å². The number of rotatable bonds is 8. The number of nitrogens with one attached hydrogen (secondary N) is 2. The third-order valence-electron chi connectivity index (χ3n) is 6.09. The fourth-order valence-electron chi connectivity index (χ4n) is 4.65. The molecule has 0 aromatic heterocycles. The largest absolute Gasteiger partial charge is 0.462 e. The highest BCUT2D eigenvalue weighted by Crippen LogP contribution is 2.48. The van der Waals surface area contributed by atoms with Gasteiger partial charge >= 0.3 is 5.97 Å². The van der Waals surface area contributed by atoms with E-state index in [0.717, 1.165) is 38.9 Å². The Labute approximate surface area is 158 Å². The van der Waals surface area contributed by atoms with Crippen LogP contribution in [0.5, 0.6) is 0 Å². The summed E-state index contributed by atoms with van der Waals surface area (Å²) >= 11 is 0. The van der Waals surface area contributed by atoms with Crippen molar-refractivity contribution in [3.8, 4) is 0 Å². The number of para-hydroxylation sites is 1. The van der Waals surface area contributed by atoms with Crippen LogP contribution in [-0.2, 0) is 9.53 Å². The molecule has 26 heavy (non-hydrogen) atoms. The van der Waals surface area contributed by atoms with Crippen LogP contribution < -0.4 is 10.6 Å². The lowest BCUT2D eigenvalue weighted by atomic mass is 9.69. The van der Waals surface area contributed by atoms with Gasteiger partial charge < -0.3 is 15.4 Å². The van der Waals surface area contributed by atoms with E-state index in [1.807, 2.05) is 0 Å². The topological polar surface area (TPSA) is 50.4 Å². The van der Waals surface area contributed by atoms with Gasteiger partial charge in [0.05, 0.1) is 6.42 Å². The molecule has 1 aliphatic carbocycles. The van der Waals surface area contributed by atoms with Gasteiger partial charge in [0.15, 0.2) is 0 Å². The van der Waals surface area contributed by atoms with Gasteiger partial charge in [-0.2, -0.15) is 0 Å². The molecule has 1 spiro atoms. The average molecular weight is 359 g/mol. The first-order valence-corrected chi connectivity index (χ1v) is 10.3. The molecule has 1 atom stereocenters. The van der Waals surface area contributed by atoms with Crippen LogP contribution >= 0.6 is 0 Å². The summed E-state index contributed by atoms with van der Waals surface area (Å²) in [7, 11) is 0. The Bertz CT molecular complexity index is 594. The van der Waals surface area contributed by atoms with Crippen LogP contribution in [0.15, 0.2) is 24.3 Å². The lowest BCUT2D eigenvalue weighted by molar-refractivity contribution is -0.142. The number of benzene rings is 1. The average Bonchev–Trinajstić information content (AvgIpc) is 2.93. The molecule has 2 fully saturated rings. The van der Waals surface area contributed by atoms with Gasteiger partial charge in [0, 0.05) is 24.2 Å². The summed E-state index contributed by atoms with van der Waals surface area (Å²) in [5, 5.41) is 7.05. The summed E-state index contributed by atoms with van der Waals surface area (Å²) in [6.07, 6.45) is 7.84. The minimum absolute atomic E-state index is 0.0175. The first kappa shape index (κ1) is 19.2. The van der Waals surface area contributed by atoms with Gasteiger partial charge in [0.25, 0.3) is 0 Å². The minimum Gasteiger partial charge on any atom is -0.462 e. The predicted molar refractivity (Wildman–Crippen MR) is 107 cm³/mol. The number of cyclic esters (lactones) is 1. The summed E-state index contributed by atoms with van der Waals surface area (Å²) in [6, 6.07) is 8.53. The zero-order chi connectivity index (χ0) is 18.4. The minimum atomic E-state index is 0.0175. The molecule has 1 aromatic rings. The number of anilines is 1. The van der Waals surface area contributed by atoms with Crippen molar-refractivity contribution in [1.82, 2.24) is 5.32 Å². The predicted octanol–water partition coefficient (Wildman–Crippen LogP) is 4.47. The normalized spacial score (nSPS) is 22.0. The van der Waals surface area contributed by atoms with Crippen molar-refractivity contribution in [3.63, 3.8) is 0 Å². The van der Waals surface area contributed by atoms with Crippen LogP contribution in [0.3, 0.4) is 0 Å². The fourth-order valence-corrected chi connectivity index (χ4v) is 4.65. The number of ether oxygens (including phenoxy) is 1. The van der Waals surface area contributed by atoms with E-state index in [0.29, 0.717) is 12.3 Å². The molecular weight excluding hydrogens is 324 g/mol. The van der Waals surface area contributed by atoms with Gasteiger partial charge in [-0.3, -0.25) is 4.79 Å². The van der Waals surface area contributed by atoms with Crippen molar-refractivity contribution in [2.45, 2.75) is 70.8 Å². The zero-order valence-electron chi connectivity index (χ0n) is 16.4. The van der Waals surface area contributed by atoms with Crippen molar-refractivity contribution in [2.24, 2.45) is 5.41 Å². The molecule has 3 rings (SSSR count). The van der Waals surface area contributed by atoms with E-state index in [4.69, 9.17) is 4.74 Å². The van der Waals surface area contributed by atoms with E-state index in [1.54, 1.807) is 0 Å². The van der Waals surface area contributed by atoms with Gasteiger partial charge in [-0.25, -0.2) is 0 Å². The smallest absolute Gasteiger partial charge is 0.306 e. The number of hydrogen-bond donors (Lipinski definition) is 2. The van der Waals surface area contributed by atoms with E-state index >= 15 is 0 Å². The Morgan fingerprint density at radius 1 is 1.12 bits per heavy atom. The van der Waals surface area contributed by atoms with Crippen molar-refractivity contribution < 1.29 is 9.53 Å². The molecule has 1 heterocycles. The molecule has 1 unspecified atom stereocenters. The Morgan fingerprint density at radius 2 is 1.88 bits per heavy atom. The van der Waals surface area contributed by atoms with Crippen LogP contribution in [0.4, 0.5) is 5.69 Å². The van der Waals surface area contributed by atoms with Crippen LogP contribution in [0.2, 0.25) is 0 Å². The molecule has 2 N–H and O–H groups in total. The number of carbonyl (C=O) groups excluding carboxylic acids is 1. The lowest BCUT2D eigenvalue weighted by Crippen LogP contribution is -2.36. The molecule has 0 bridgehead atoms. The van der Waals surface area contributed by atoms with Gasteiger partial charge in [-0.1, -0.05) is 51.3 Å². The third kappa shape index (κ3) is 4.59. The van der Waals surface area contributed by atoms with E-state index in [2.05, 4.69) is 48.7 Å². The van der Waals surface area contributed by atoms with Gasteiger partial charge in [0.2, 0.25) is 0 Å². The third-order valence-corrected chi connectivity index (χ3v) is 6.09. The molecular formula is C22H34N2O2. The van der Waals surface area contributed by atoms with E-state index in [9.17, 15) is 4.79 Å². The molecule has 4 nitrogen and oxygen atoms in total. The quantitative estimate of drug-likeness (QED) is 0.532. The molecule has 1 saturated heterocycles. The molecule has 1 aliphatic heterocycles. The van der Waals surface area contributed by atoms with Crippen molar-refractivity contribution >= 4 is 11.7 Å². The molecule has 144 valence electrons. The maximum absolute atomic E-state index is 11.9. The molecule has 1 saturated carbocycles. The van der Waals surface area contributed by atoms with Gasteiger partial charge in [0.1, 0.15) is 6.10 Å². The summed E-state index contributed by atoms with van der Waals surface area (Å²) < 4.78 is 5.68. The Kier molecular flexibility index (Phi) is 6.58. The second kappa shape index (κ2) is 8.90. The summed E-state index contributed by atoms with van der Waals surface area (Å²) in [5.41, 5.74) is 2.74. The van der Waals surface area contributed by atoms with Crippen LogP contribution in [0.25, 0.3) is 0 Å². The first-order valence-electron chi connectivity index (χ1n) is 10.3. The first-order chi connectivity index (χ1) is 12.6. The fraction of sp³-hybridized carbons (Fsp3) is 0.682. The van der Waals surface area contributed by atoms with Crippen LogP contribution in [-0.4, -0.2) is 31.7 Å². The van der Waals surface area contributed by atoms with Gasteiger partial charge in [-0.05, 0) is 43.4 Å². The summed E-state index contributed by atoms with van der Waals surface area (Å²) in [6.45, 7) is 7.18. The van der Waals surface area contributed by atoms with E-state index < -0.39 is 0 Å². The monoisotopic (exact) mass is 358 g/mol. The van der Waals surface area contributed by atoms with Crippen molar-refractivity contribution in [3.05, 3.63) is 29.8 Å². The van der Waals surface area contributed by atoms with E-state index in [1.165, 1.54) is 30.5 Å². The Hall–Kier alpha value is -1.55. The molecule has 0 amide bonds. The molecule has 4 heteroatoms. The number of esters is 1. The van der Waals surface area contributed by atoms with Crippen molar-refractivity contribution in [1.29, 1.82) is 0 Å². The Balaban J connectivity index is 1.39. The summed E-state index contributed by atoms with van der Waals surface area (Å²) in [5.74, 6) is 0.541. The molecule has 0 radical (unpaired) electrons. The Morgan fingerprint density at radius 3 is 2.65 bits per heavy atom.